The summed E-state index contributed by atoms with van der Waals surface area (Å²) in [6.45, 7) is 0.269. The van der Waals surface area contributed by atoms with Gasteiger partial charge in [-0.05, 0) is 37.7 Å². The number of primary amides is 1. The van der Waals surface area contributed by atoms with Gasteiger partial charge in [-0.1, -0.05) is 0 Å². The van der Waals surface area contributed by atoms with Crippen molar-refractivity contribution in [3.05, 3.63) is 0 Å². The Balaban J connectivity index is 5.35. The number of carboxylic acid groups (broad SMARTS) is 1. The molecular formula is C19H36N8O6S2. The first-order chi connectivity index (χ1) is 16.4. The maximum atomic E-state index is 12.9. The third-order valence-corrected chi connectivity index (χ3v) is 5.67. The van der Waals surface area contributed by atoms with E-state index in [1.165, 1.54) is 11.8 Å². The Labute approximate surface area is 213 Å². The fourth-order valence-electron chi connectivity index (χ4n) is 2.72. The molecule has 0 aliphatic carbocycles. The fraction of sp³-hybridized carbons (Fsp3) is 0.684. The Bertz CT molecular complexity index is 766. The number of carbonyl (C=O) groups is 5. The Morgan fingerprint density at radius 1 is 0.914 bits per heavy atom. The van der Waals surface area contributed by atoms with Crippen molar-refractivity contribution in [1.29, 1.82) is 0 Å². The second-order valence-corrected chi connectivity index (χ2v) is 8.90. The summed E-state index contributed by atoms with van der Waals surface area (Å²) in [5, 5.41) is 16.5. The zero-order chi connectivity index (χ0) is 27.0. The van der Waals surface area contributed by atoms with Gasteiger partial charge < -0.3 is 44.0 Å². The van der Waals surface area contributed by atoms with Crippen LogP contribution < -0.4 is 38.9 Å². The van der Waals surface area contributed by atoms with Crippen LogP contribution in [0.25, 0.3) is 0 Å². The molecule has 4 unspecified atom stereocenters. The van der Waals surface area contributed by atoms with E-state index in [0.29, 0.717) is 12.2 Å². The average Bonchev–Trinajstić information content (AvgIpc) is 2.79. The van der Waals surface area contributed by atoms with E-state index < -0.39 is 53.8 Å². The third-order valence-electron chi connectivity index (χ3n) is 4.66. The van der Waals surface area contributed by atoms with Crippen LogP contribution in [0, 0.1) is 0 Å². The summed E-state index contributed by atoms with van der Waals surface area (Å²) in [7, 11) is 0. The molecule has 0 bridgehead atoms. The van der Waals surface area contributed by atoms with E-state index in [0.717, 1.165) is 0 Å². The van der Waals surface area contributed by atoms with Crippen LogP contribution in [0.15, 0.2) is 4.99 Å². The van der Waals surface area contributed by atoms with Crippen LogP contribution >= 0.6 is 24.4 Å². The molecule has 0 saturated heterocycles. The number of thioether (sulfide) groups is 1. The molecule has 0 aliphatic heterocycles. The number of hydrogen-bond donors (Lipinski definition) is 9. The molecule has 0 aromatic heterocycles. The van der Waals surface area contributed by atoms with Crippen molar-refractivity contribution in [2.45, 2.75) is 56.3 Å². The zero-order valence-electron chi connectivity index (χ0n) is 19.6. The highest BCUT2D eigenvalue weighted by Crippen LogP contribution is 2.06. The Morgan fingerprint density at radius 3 is 1.94 bits per heavy atom. The number of thiol groups is 1. The first kappa shape index (κ1) is 32.3. The first-order valence-corrected chi connectivity index (χ1v) is 12.8. The molecule has 0 rings (SSSR count). The Hall–Kier alpha value is -2.72. The molecule has 4 amide bonds. The second kappa shape index (κ2) is 17.7. The fourth-order valence-corrected chi connectivity index (χ4v) is 3.44. The molecule has 200 valence electrons. The van der Waals surface area contributed by atoms with E-state index in [1.54, 1.807) is 6.26 Å². The maximum absolute atomic E-state index is 12.9. The molecule has 0 aliphatic rings. The van der Waals surface area contributed by atoms with Crippen LogP contribution in [-0.2, 0) is 24.0 Å². The molecule has 0 aromatic carbocycles. The topological polar surface area (TPSA) is 258 Å². The minimum absolute atomic E-state index is 0.0877. The maximum Gasteiger partial charge on any atom is 0.327 e. The lowest BCUT2D eigenvalue weighted by Crippen LogP contribution is -2.57. The molecule has 4 atom stereocenters. The molecule has 0 radical (unpaired) electrons. The standard InChI is InChI=1S/C19H36N8O6S2/c1-35-8-6-12(17(31)27-13(9-34)18(32)33)26-16(30)11(4-5-14(21)28)25-15(29)10(20)3-2-7-24-19(22)23/h10-13,34H,2-9,20H2,1H3,(H2,21,28)(H,25,29)(H,26,30)(H,27,31)(H,32,33)(H4,22,23,24). The van der Waals surface area contributed by atoms with Crippen LogP contribution in [0.4, 0.5) is 0 Å². The summed E-state index contributed by atoms with van der Waals surface area (Å²) in [6.07, 6.45) is 2.30. The monoisotopic (exact) mass is 536 g/mol. The third kappa shape index (κ3) is 14.3. The van der Waals surface area contributed by atoms with Crippen molar-refractivity contribution in [1.82, 2.24) is 16.0 Å². The van der Waals surface area contributed by atoms with Crippen molar-refractivity contribution in [3.8, 4) is 0 Å². The lowest BCUT2D eigenvalue weighted by molar-refractivity contribution is -0.141. The van der Waals surface area contributed by atoms with E-state index in [9.17, 15) is 24.0 Å². The van der Waals surface area contributed by atoms with Crippen molar-refractivity contribution >= 4 is 59.9 Å². The van der Waals surface area contributed by atoms with Crippen LogP contribution in [0.3, 0.4) is 0 Å². The number of hydrogen-bond acceptors (Lipinski definition) is 9. The van der Waals surface area contributed by atoms with Gasteiger partial charge in [0.25, 0.3) is 0 Å². The lowest BCUT2D eigenvalue weighted by atomic mass is 10.1. The predicted octanol–water partition coefficient (Wildman–Crippen LogP) is -3.15. The quantitative estimate of drug-likeness (QED) is 0.0368. The van der Waals surface area contributed by atoms with Gasteiger partial charge in [0.05, 0.1) is 6.04 Å². The van der Waals surface area contributed by atoms with Crippen LogP contribution in [0.1, 0.15) is 32.1 Å². The summed E-state index contributed by atoms with van der Waals surface area (Å²) >= 11 is 5.32. The number of rotatable bonds is 18. The highest BCUT2D eigenvalue weighted by atomic mass is 32.2. The number of aliphatic carboxylic acids is 1. The zero-order valence-corrected chi connectivity index (χ0v) is 21.3. The molecular weight excluding hydrogens is 500 g/mol. The van der Waals surface area contributed by atoms with Crippen molar-refractivity contribution in [2.75, 3.05) is 24.3 Å². The van der Waals surface area contributed by atoms with Crippen molar-refractivity contribution in [2.24, 2.45) is 27.9 Å². The predicted molar refractivity (Wildman–Crippen MR) is 137 cm³/mol. The smallest absolute Gasteiger partial charge is 0.327 e. The number of nitrogens with two attached hydrogens (primary N) is 4. The largest absolute Gasteiger partial charge is 0.480 e. The molecule has 16 heteroatoms. The highest BCUT2D eigenvalue weighted by Gasteiger charge is 2.30. The van der Waals surface area contributed by atoms with Gasteiger partial charge in [-0.15, -0.1) is 0 Å². The van der Waals surface area contributed by atoms with Gasteiger partial charge in [-0.3, -0.25) is 24.2 Å². The number of carboxylic acids is 1. The minimum atomic E-state index is -1.27. The van der Waals surface area contributed by atoms with Crippen molar-refractivity contribution in [3.63, 3.8) is 0 Å². The highest BCUT2D eigenvalue weighted by molar-refractivity contribution is 7.98. The van der Waals surface area contributed by atoms with E-state index in [2.05, 4.69) is 33.6 Å². The van der Waals surface area contributed by atoms with Crippen LogP contribution in [-0.4, -0.2) is 89.1 Å². The summed E-state index contributed by atoms with van der Waals surface area (Å²) in [6, 6.07) is -4.52. The Kier molecular flexibility index (Phi) is 16.3. The molecule has 0 aromatic rings. The van der Waals surface area contributed by atoms with E-state index in [1.807, 2.05) is 0 Å². The SMILES string of the molecule is CSCCC(NC(=O)C(CCC(N)=O)NC(=O)C(N)CCCN=C(N)N)C(=O)NC(CS)C(=O)O. The van der Waals surface area contributed by atoms with E-state index in [4.69, 9.17) is 28.0 Å². The number of amides is 4. The molecule has 35 heavy (non-hydrogen) atoms. The molecule has 0 fully saturated rings. The van der Waals surface area contributed by atoms with Gasteiger partial charge in [0.1, 0.15) is 18.1 Å². The van der Waals surface area contributed by atoms with Crippen molar-refractivity contribution < 1.29 is 29.1 Å². The second-order valence-electron chi connectivity index (χ2n) is 7.55. The molecule has 0 heterocycles. The summed E-state index contributed by atoms with van der Waals surface area (Å²) in [5.41, 5.74) is 21.5. The normalized spacial score (nSPS) is 14.0. The number of nitrogens with zero attached hydrogens (tertiary/aromatic N) is 1. The van der Waals surface area contributed by atoms with Crippen LogP contribution in [0.2, 0.25) is 0 Å². The molecule has 12 N–H and O–H groups in total. The Morgan fingerprint density at radius 2 is 1.46 bits per heavy atom. The summed E-state index contributed by atoms with van der Waals surface area (Å²) < 4.78 is 0. The number of aliphatic imine (C=N–C) groups is 1. The number of carbonyl (C=O) groups excluding carboxylic acids is 4. The van der Waals surface area contributed by atoms with Gasteiger partial charge in [-0.25, -0.2) is 4.79 Å². The molecule has 0 saturated carbocycles. The van der Waals surface area contributed by atoms with Gasteiger partial charge in [0, 0.05) is 18.7 Å². The lowest BCUT2D eigenvalue weighted by Gasteiger charge is -2.25. The van der Waals surface area contributed by atoms with E-state index >= 15 is 0 Å². The average molecular weight is 537 g/mol. The molecule has 0 spiro atoms. The summed E-state index contributed by atoms with van der Waals surface area (Å²) in [5.74, 6) is -3.83. The number of guanidine groups is 1. The van der Waals surface area contributed by atoms with Gasteiger partial charge >= 0.3 is 5.97 Å². The molecule has 14 nitrogen and oxygen atoms in total. The van der Waals surface area contributed by atoms with E-state index in [-0.39, 0.29) is 43.9 Å². The van der Waals surface area contributed by atoms with Crippen LogP contribution in [0.5, 0.6) is 0 Å². The summed E-state index contributed by atoms with van der Waals surface area (Å²) in [4.78, 5) is 64.3. The first-order valence-electron chi connectivity index (χ1n) is 10.8. The van der Waals surface area contributed by atoms with Gasteiger partial charge in [0.2, 0.25) is 23.6 Å². The number of nitrogens with one attached hydrogen (secondary N) is 3. The van der Waals surface area contributed by atoms with Gasteiger partial charge in [-0.2, -0.15) is 24.4 Å². The van der Waals surface area contributed by atoms with Gasteiger partial charge in [0.15, 0.2) is 5.96 Å². The minimum Gasteiger partial charge on any atom is -0.480 e.